The quantitative estimate of drug-likeness (QED) is 0.635. The Morgan fingerprint density at radius 3 is 2.70 bits per heavy atom. The van der Waals surface area contributed by atoms with Gasteiger partial charge >= 0.3 is 0 Å². The second-order valence-electron chi connectivity index (χ2n) is 6.82. The molecule has 1 aromatic heterocycles. The van der Waals surface area contributed by atoms with Crippen molar-refractivity contribution in [3.05, 3.63) is 59.1 Å². The summed E-state index contributed by atoms with van der Waals surface area (Å²) >= 11 is 5.94. The smallest absolute Gasteiger partial charge is 0.259 e. The standard InChI is InChI=1S/C21H20ClN3O2/c1-14-6-4-5-13-25(14)21(26)18-8-3-2-7-17(18)20-23-19(24-27-20)15-9-11-16(22)12-10-15/h2-3,7-12,14H,4-6,13H2,1H3. The van der Waals surface area contributed by atoms with Crippen LogP contribution in [-0.2, 0) is 0 Å². The molecule has 0 N–H and O–H groups in total. The first-order valence-corrected chi connectivity index (χ1v) is 9.51. The van der Waals surface area contributed by atoms with Crippen LogP contribution in [0.25, 0.3) is 22.8 Å². The van der Waals surface area contributed by atoms with Crippen LogP contribution in [0.1, 0.15) is 36.5 Å². The van der Waals surface area contributed by atoms with Gasteiger partial charge < -0.3 is 9.42 Å². The number of amides is 1. The zero-order valence-electron chi connectivity index (χ0n) is 15.1. The number of aromatic nitrogens is 2. The van der Waals surface area contributed by atoms with E-state index >= 15 is 0 Å². The van der Waals surface area contributed by atoms with Gasteiger partial charge in [-0.05, 0) is 62.6 Å². The predicted octanol–water partition coefficient (Wildman–Crippen LogP) is 5.07. The fourth-order valence-corrected chi connectivity index (χ4v) is 3.59. The minimum absolute atomic E-state index is 0.0176. The van der Waals surface area contributed by atoms with E-state index < -0.39 is 0 Å². The molecule has 1 unspecified atom stereocenters. The number of benzene rings is 2. The van der Waals surface area contributed by atoms with Crippen LogP contribution in [0.5, 0.6) is 0 Å². The molecule has 0 spiro atoms. The Labute approximate surface area is 163 Å². The fraction of sp³-hybridized carbons (Fsp3) is 0.286. The van der Waals surface area contributed by atoms with Crippen molar-refractivity contribution < 1.29 is 9.32 Å². The van der Waals surface area contributed by atoms with Gasteiger partial charge in [-0.15, -0.1) is 0 Å². The molecule has 6 heteroatoms. The lowest BCUT2D eigenvalue weighted by Gasteiger charge is -2.33. The van der Waals surface area contributed by atoms with Crippen LogP contribution in [0.3, 0.4) is 0 Å². The predicted molar refractivity (Wildman–Crippen MR) is 105 cm³/mol. The van der Waals surface area contributed by atoms with E-state index in [9.17, 15) is 4.79 Å². The van der Waals surface area contributed by atoms with Crippen LogP contribution >= 0.6 is 11.6 Å². The summed E-state index contributed by atoms with van der Waals surface area (Å²) in [6.07, 6.45) is 3.25. The Morgan fingerprint density at radius 2 is 1.93 bits per heavy atom. The van der Waals surface area contributed by atoms with Crippen LogP contribution in [0.2, 0.25) is 5.02 Å². The lowest BCUT2D eigenvalue weighted by molar-refractivity contribution is 0.0636. The van der Waals surface area contributed by atoms with Crippen molar-refractivity contribution in [2.75, 3.05) is 6.54 Å². The average Bonchev–Trinajstić information content (AvgIpc) is 3.18. The number of hydrogen-bond donors (Lipinski definition) is 0. The van der Waals surface area contributed by atoms with Gasteiger partial charge in [0.2, 0.25) is 5.82 Å². The van der Waals surface area contributed by atoms with Crippen molar-refractivity contribution >= 4 is 17.5 Å². The van der Waals surface area contributed by atoms with Crippen LogP contribution in [0.4, 0.5) is 0 Å². The molecule has 1 fully saturated rings. The van der Waals surface area contributed by atoms with Crippen molar-refractivity contribution in [2.45, 2.75) is 32.2 Å². The van der Waals surface area contributed by atoms with Gasteiger partial charge in [0.05, 0.1) is 11.1 Å². The van der Waals surface area contributed by atoms with Crippen molar-refractivity contribution in [3.63, 3.8) is 0 Å². The molecule has 1 aliphatic heterocycles. The van der Waals surface area contributed by atoms with Crippen LogP contribution in [-0.4, -0.2) is 33.5 Å². The van der Waals surface area contributed by atoms with Gasteiger partial charge in [0, 0.05) is 23.2 Å². The van der Waals surface area contributed by atoms with Gasteiger partial charge in [0.15, 0.2) is 0 Å². The van der Waals surface area contributed by atoms with Crippen molar-refractivity contribution in [3.8, 4) is 22.8 Å². The van der Waals surface area contributed by atoms with Gasteiger partial charge in [-0.1, -0.05) is 28.9 Å². The van der Waals surface area contributed by atoms with Crippen LogP contribution < -0.4 is 0 Å². The molecular weight excluding hydrogens is 362 g/mol. The van der Waals surface area contributed by atoms with Gasteiger partial charge in [0.1, 0.15) is 0 Å². The second-order valence-corrected chi connectivity index (χ2v) is 7.26. The SMILES string of the molecule is CC1CCCCN1C(=O)c1ccccc1-c1nc(-c2ccc(Cl)cc2)no1. The summed E-state index contributed by atoms with van der Waals surface area (Å²) in [5.74, 6) is 0.827. The van der Waals surface area contributed by atoms with E-state index in [-0.39, 0.29) is 11.9 Å². The molecule has 0 aliphatic carbocycles. The summed E-state index contributed by atoms with van der Waals surface area (Å²) in [6, 6.07) is 14.9. The van der Waals surface area contributed by atoms with Gasteiger partial charge in [-0.3, -0.25) is 4.79 Å². The van der Waals surface area contributed by atoms with Gasteiger partial charge in [-0.25, -0.2) is 0 Å². The molecule has 3 aromatic rings. The molecule has 4 rings (SSSR count). The first-order valence-electron chi connectivity index (χ1n) is 9.13. The molecule has 1 saturated heterocycles. The normalized spacial score (nSPS) is 17.1. The molecule has 138 valence electrons. The molecule has 5 nitrogen and oxygen atoms in total. The third kappa shape index (κ3) is 3.60. The highest BCUT2D eigenvalue weighted by atomic mass is 35.5. The van der Waals surface area contributed by atoms with E-state index in [1.807, 2.05) is 41.3 Å². The first-order chi connectivity index (χ1) is 13.1. The molecule has 0 radical (unpaired) electrons. The number of likely N-dealkylation sites (tertiary alicyclic amines) is 1. The highest BCUT2D eigenvalue weighted by Gasteiger charge is 2.27. The summed E-state index contributed by atoms with van der Waals surface area (Å²) in [6.45, 7) is 2.89. The van der Waals surface area contributed by atoms with E-state index in [1.165, 1.54) is 6.42 Å². The molecule has 0 saturated carbocycles. The Kier molecular flexibility index (Phi) is 4.94. The van der Waals surface area contributed by atoms with Crippen LogP contribution in [0.15, 0.2) is 53.1 Å². The fourth-order valence-electron chi connectivity index (χ4n) is 3.46. The van der Waals surface area contributed by atoms with E-state index in [2.05, 4.69) is 17.1 Å². The van der Waals surface area contributed by atoms with Crippen LogP contribution in [0, 0.1) is 0 Å². The third-order valence-electron chi connectivity index (χ3n) is 4.98. The maximum absolute atomic E-state index is 13.1. The lowest BCUT2D eigenvalue weighted by atomic mass is 10.00. The highest BCUT2D eigenvalue weighted by molar-refractivity contribution is 6.30. The summed E-state index contributed by atoms with van der Waals surface area (Å²) < 4.78 is 5.48. The summed E-state index contributed by atoms with van der Waals surface area (Å²) in [5, 5.41) is 4.71. The largest absolute Gasteiger partial charge is 0.336 e. The monoisotopic (exact) mass is 381 g/mol. The van der Waals surface area contributed by atoms with Gasteiger partial charge in [0.25, 0.3) is 11.8 Å². The summed E-state index contributed by atoms with van der Waals surface area (Å²) in [7, 11) is 0. The Hall–Kier alpha value is -2.66. The maximum Gasteiger partial charge on any atom is 0.259 e. The van der Waals surface area contributed by atoms with E-state index in [4.69, 9.17) is 16.1 Å². The highest BCUT2D eigenvalue weighted by Crippen LogP contribution is 2.28. The van der Waals surface area contributed by atoms with E-state index in [0.29, 0.717) is 27.9 Å². The Bertz CT molecular complexity index is 952. The number of carbonyl (C=O) groups excluding carboxylic acids is 1. The number of hydrogen-bond acceptors (Lipinski definition) is 4. The molecule has 2 aromatic carbocycles. The number of rotatable bonds is 3. The third-order valence-corrected chi connectivity index (χ3v) is 5.23. The van der Waals surface area contributed by atoms with Gasteiger partial charge in [-0.2, -0.15) is 4.98 Å². The molecular formula is C21H20ClN3O2. The minimum Gasteiger partial charge on any atom is -0.336 e. The number of carbonyl (C=O) groups is 1. The molecule has 2 heterocycles. The number of nitrogens with zero attached hydrogens (tertiary/aromatic N) is 3. The van der Waals surface area contributed by atoms with Crippen molar-refractivity contribution in [1.29, 1.82) is 0 Å². The average molecular weight is 382 g/mol. The Morgan fingerprint density at radius 1 is 1.15 bits per heavy atom. The number of piperidine rings is 1. The molecule has 1 atom stereocenters. The lowest BCUT2D eigenvalue weighted by Crippen LogP contribution is -2.42. The molecule has 1 amide bonds. The number of halogens is 1. The maximum atomic E-state index is 13.1. The first kappa shape index (κ1) is 17.7. The minimum atomic E-state index is 0.0176. The van der Waals surface area contributed by atoms with E-state index in [0.717, 1.165) is 24.9 Å². The topological polar surface area (TPSA) is 59.2 Å². The Balaban J connectivity index is 1.67. The zero-order chi connectivity index (χ0) is 18.8. The zero-order valence-corrected chi connectivity index (χ0v) is 15.8. The van der Waals surface area contributed by atoms with Crippen molar-refractivity contribution in [2.24, 2.45) is 0 Å². The van der Waals surface area contributed by atoms with E-state index in [1.54, 1.807) is 12.1 Å². The molecule has 0 bridgehead atoms. The second kappa shape index (κ2) is 7.53. The summed E-state index contributed by atoms with van der Waals surface area (Å²) in [5.41, 5.74) is 2.06. The van der Waals surface area contributed by atoms with Crippen molar-refractivity contribution in [1.82, 2.24) is 15.0 Å². The molecule has 1 aliphatic rings. The summed E-state index contributed by atoms with van der Waals surface area (Å²) in [4.78, 5) is 19.6. The molecule has 27 heavy (non-hydrogen) atoms.